The molecule has 1 aromatic heterocycles. The highest BCUT2D eigenvalue weighted by atomic mass is 32.2. The zero-order valence-corrected chi connectivity index (χ0v) is 14.9. The van der Waals surface area contributed by atoms with Crippen molar-refractivity contribution in [2.24, 2.45) is 0 Å². The van der Waals surface area contributed by atoms with Gasteiger partial charge in [-0.1, -0.05) is 42.1 Å². The Bertz CT molecular complexity index is 743. The summed E-state index contributed by atoms with van der Waals surface area (Å²) in [5.74, 6) is 0.658. The second-order valence-corrected chi connectivity index (χ2v) is 6.77. The van der Waals surface area contributed by atoms with Crippen LogP contribution in [0.2, 0.25) is 0 Å². The Balaban J connectivity index is 1.53. The highest BCUT2D eigenvalue weighted by Gasteiger charge is 2.23. The molecule has 3 rings (SSSR count). The molecule has 0 unspecified atom stereocenters. The molecular weight excluding hydrogens is 338 g/mol. The van der Waals surface area contributed by atoms with E-state index in [1.165, 1.54) is 11.8 Å². The van der Waals surface area contributed by atoms with Crippen LogP contribution in [0, 0.1) is 0 Å². The summed E-state index contributed by atoms with van der Waals surface area (Å²) in [6.45, 7) is 2.75. The average Bonchev–Trinajstić information content (AvgIpc) is 3.34. The van der Waals surface area contributed by atoms with E-state index in [0.29, 0.717) is 17.7 Å². The monoisotopic (exact) mass is 359 g/mol. The fourth-order valence-electron chi connectivity index (χ4n) is 2.35. The molecule has 2 aromatic rings. The van der Waals surface area contributed by atoms with Gasteiger partial charge in [0.15, 0.2) is 11.0 Å². The number of rotatable bonds is 8. The summed E-state index contributed by atoms with van der Waals surface area (Å²) in [6.07, 6.45) is 2.07. The molecule has 2 amide bonds. The minimum Gasteiger partial charge on any atom is -0.352 e. The summed E-state index contributed by atoms with van der Waals surface area (Å²) < 4.78 is 1.98. The number of amides is 2. The molecule has 0 radical (unpaired) electrons. The Morgan fingerprint density at radius 3 is 2.64 bits per heavy atom. The lowest BCUT2D eigenvalue weighted by Crippen LogP contribution is -2.38. The van der Waals surface area contributed by atoms with Crippen molar-refractivity contribution in [1.29, 1.82) is 0 Å². The molecule has 1 aliphatic rings. The van der Waals surface area contributed by atoms with Crippen molar-refractivity contribution in [2.45, 2.75) is 37.5 Å². The van der Waals surface area contributed by atoms with Crippen molar-refractivity contribution >= 4 is 23.6 Å². The number of nitrogens with one attached hydrogen (secondary N) is 2. The van der Waals surface area contributed by atoms with Crippen molar-refractivity contribution in [3.05, 3.63) is 30.3 Å². The Kier molecular flexibility index (Phi) is 5.70. The Hall–Kier alpha value is -2.35. The zero-order valence-electron chi connectivity index (χ0n) is 14.1. The van der Waals surface area contributed by atoms with Crippen LogP contribution in [0.1, 0.15) is 19.8 Å². The largest absolute Gasteiger partial charge is 0.352 e. The van der Waals surface area contributed by atoms with E-state index in [1.54, 1.807) is 0 Å². The second kappa shape index (κ2) is 8.15. The van der Waals surface area contributed by atoms with Gasteiger partial charge in [-0.2, -0.15) is 0 Å². The first-order valence-electron chi connectivity index (χ1n) is 8.35. The van der Waals surface area contributed by atoms with Crippen molar-refractivity contribution in [2.75, 3.05) is 12.3 Å². The van der Waals surface area contributed by atoms with Crippen molar-refractivity contribution < 1.29 is 9.59 Å². The lowest BCUT2D eigenvalue weighted by molar-refractivity contribution is -0.124. The van der Waals surface area contributed by atoms with E-state index < -0.39 is 0 Å². The fourth-order valence-corrected chi connectivity index (χ4v) is 3.18. The van der Waals surface area contributed by atoms with Gasteiger partial charge in [0.05, 0.1) is 12.3 Å². The van der Waals surface area contributed by atoms with Crippen LogP contribution in [0.5, 0.6) is 0 Å². The maximum absolute atomic E-state index is 11.9. The van der Waals surface area contributed by atoms with Crippen LogP contribution in [0.4, 0.5) is 0 Å². The van der Waals surface area contributed by atoms with Gasteiger partial charge in [-0.25, -0.2) is 0 Å². The van der Waals surface area contributed by atoms with Gasteiger partial charge in [0, 0.05) is 18.2 Å². The number of benzene rings is 1. The standard InChI is InChI=1S/C17H21N5O2S/c1-2-22-16(12-6-4-3-5-7-12)20-21-17(22)25-11-15(24)18-10-14(23)19-13-8-9-13/h3-7,13H,2,8-11H2,1H3,(H,18,24)(H,19,23). The van der Waals surface area contributed by atoms with E-state index >= 15 is 0 Å². The zero-order chi connectivity index (χ0) is 17.6. The van der Waals surface area contributed by atoms with Gasteiger partial charge in [0.25, 0.3) is 0 Å². The van der Waals surface area contributed by atoms with Crippen LogP contribution in [-0.4, -0.2) is 44.9 Å². The molecule has 7 nitrogen and oxygen atoms in total. The lowest BCUT2D eigenvalue weighted by Gasteiger charge is -2.08. The van der Waals surface area contributed by atoms with E-state index in [-0.39, 0.29) is 24.1 Å². The molecule has 25 heavy (non-hydrogen) atoms. The van der Waals surface area contributed by atoms with Gasteiger partial charge in [-0.3, -0.25) is 9.59 Å². The average molecular weight is 359 g/mol. The molecular formula is C17H21N5O2S. The minimum atomic E-state index is -0.192. The van der Waals surface area contributed by atoms with Gasteiger partial charge < -0.3 is 15.2 Å². The third-order valence-electron chi connectivity index (χ3n) is 3.79. The van der Waals surface area contributed by atoms with Gasteiger partial charge in [0.2, 0.25) is 11.8 Å². The molecule has 0 aliphatic heterocycles. The predicted molar refractivity (Wildman–Crippen MR) is 96.0 cm³/mol. The highest BCUT2D eigenvalue weighted by molar-refractivity contribution is 7.99. The fraction of sp³-hybridized carbons (Fsp3) is 0.412. The van der Waals surface area contributed by atoms with Crippen molar-refractivity contribution in [1.82, 2.24) is 25.4 Å². The highest BCUT2D eigenvalue weighted by Crippen LogP contribution is 2.23. The number of aromatic nitrogens is 3. The molecule has 2 N–H and O–H groups in total. The SMILES string of the molecule is CCn1c(SCC(=O)NCC(=O)NC2CC2)nnc1-c1ccccc1. The predicted octanol–water partition coefficient (Wildman–Crippen LogP) is 1.45. The summed E-state index contributed by atoms with van der Waals surface area (Å²) in [5.41, 5.74) is 0.991. The van der Waals surface area contributed by atoms with Crippen molar-refractivity contribution in [3.8, 4) is 11.4 Å². The molecule has 1 heterocycles. The normalized spacial score (nSPS) is 13.5. The maximum atomic E-state index is 11.9. The third-order valence-corrected chi connectivity index (χ3v) is 4.75. The number of carbonyl (C=O) groups is 2. The van der Waals surface area contributed by atoms with E-state index in [1.807, 2.05) is 41.8 Å². The first-order chi connectivity index (χ1) is 12.2. The second-order valence-electron chi connectivity index (χ2n) is 5.82. The van der Waals surface area contributed by atoms with Crippen LogP contribution in [0.3, 0.4) is 0 Å². The van der Waals surface area contributed by atoms with Crippen LogP contribution < -0.4 is 10.6 Å². The third kappa shape index (κ3) is 4.82. The van der Waals surface area contributed by atoms with E-state index in [9.17, 15) is 9.59 Å². The van der Waals surface area contributed by atoms with E-state index in [4.69, 9.17) is 0 Å². The van der Waals surface area contributed by atoms with Gasteiger partial charge in [-0.05, 0) is 19.8 Å². The smallest absolute Gasteiger partial charge is 0.239 e. The van der Waals surface area contributed by atoms with Gasteiger partial charge in [0.1, 0.15) is 0 Å². The van der Waals surface area contributed by atoms with Crippen LogP contribution >= 0.6 is 11.8 Å². The Morgan fingerprint density at radius 1 is 1.20 bits per heavy atom. The molecule has 132 valence electrons. The molecule has 0 bridgehead atoms. The van der Waals surface area contributed by atoms with Crippen LogP contribution in [-0.2, 0) is 16.1 Å². The molecule has 0 saturated heterocycles. The molecule has 0 spiro atoms. The molecule has 1 aromatic carbocycles. The lowest BCUT2D eigenvalue weighted by atomic mass is 10.2. The summed E-state index contributed by atoms with van der Waals surface area (Å²) in [7, 11) is 0. The number of hydrogen-bond donors (Lipinski definition) is 2. The van der Waals surface area contributed by atoms with E-state index in [0.717, 1.165) is 24.2 Å². The quantitative estimate of drug-likeness (QED) is 0.697. The summed E-state index contributed by atoms with van der Waals surface area (Å²) in [4.78, 5) is 23.5. The molecule has 1 aliphatic carbocycles. The molecule has 1 saturated carbocycles. The van der Waals surface area contributed by atoms with Crippen molar-refractivity contribution in [3.63, 3.8) is 0 Å². The van der Waals surface area contributed by atoms with Gasteiger partial charge in [-0.15, -0.1) is 10.2 Å². The number of hydrogen-bond acceptors (Lipinski definition) is 5. The number of thioether (sulfide) groups is 1. The van der Waals surface area contributed by atoms with Gasteiger partial charge >= 0.3 is 0 Å². The summed E-state index contributed by atoms with van der Waals surface area (Å²) in [6, 6.07) is 10.1. The molecule has 0 atom stereocenters. The molecule has 8 heteroatoms. The first-order valence-corrected chi connectivity index (χ1v) is 9.33. The van der Waals surface area contributed by atoms with E-state index in [2.05, 4.69) is 20.8 Å². The minimum absolute atomic E-state index is 0.0195. The maximum Gasteiger partial charge on any atom is 0.239 e. The Labute approximate surface area is 150 Å². The topological polar surface area (TPSA) is 88.9 Å². The van der Waals surface area contributed by atoms with Crippen LogP contribution in [0.25, 0.3) is 11.4 Å². The number of nitrogens with zero attached hydrogens (tertiary/aromatic N) is 3. The Morgan fingerprint density at radius 2 is 1.96 bits per heavy atom. The molecule has 1 fully saturated rings. The summed E-state index contributed by atoms with van der Waals surface area (Å²) >= 11 is 1.32. The van der Waals surface area contributed by atoms with Crippen LogP contribution in [0.15, 0.2) is 35.5 Å². The first kappa shape index (κ1) is 17.5. The number of carbonyl (C=O) groups excluding carboxylic acids is 2. The summed E-state index contributed by atoms with van der Waals surface area (Å²) in [5, 5.41) is 14.6.